The van der Waals surface area contributed by atoms with E-state index in [1.54, 1.807) is 37.4 Å². The fourth-order valence-corrected chi connectivity index (χ4v) is 4.32. The van der Waals surface area contributed by atoms with E-state index in [2.05, 4.69) is 4.98 Å². The maximum absolute atomic E-state index is 13.5. The summed E-state index contributed by atoms with van der Waals surface area (Å²) in [6, 6.07) is 9.47. The molecule has 0 spiro atoms. The molecule has 6 nitrogen and oxygen atoms in total. The summed E-state index contributed by atoms with van der Waals surface area (Å²) < 4.78 is 12.1. The Balaban J connectivity index is 1.84. The van der Waals surface area contributed by atoms with Crippen molar-refractivity contribution >= 4 is 32.6 Å². The van der Waals surface area contributed by atoms with Crippen molar-refractivity contribution < 1.29 is 13.9 Å². The predicted octanol–water partition coefficient (Wildman–Crippen LogP) is 5.07. The topological polar surface area (TPSA) is 68.5 Å². The SMILES string of the molecule is COc1ccc(C)c2sc(N(Cc3cccnc3)C(=O)c3cc(C)oc3C)nc12. The van der Waals surface area contributed by atoms with Gasteiger partial charge >= 0.3 is 0 Å². The third-order valence-electron chi connectivity index (χ3n) is 4.72. The molecule has 0 saturated carbocycles. The Morgan fingerprint density at radius 3 is 2.72 bits per heavy atom. The molecule has 0 saturated heterocycles. The van der Waals surface area contributed by atoms with Crippen molar-refractivity contribution in [3.63, 3.8) is 0 Å². The third kappa shape index (κ3) is 3.61. The minimum atomic E-state index is -0.154. The molecule has 0 aliphatic rings. The number of methoxy groups -OCH3 is 1. The van der Waals surface area contributed by atoms with Crippen LogP contribution in [0, 0.1) is 20.8 Å². The van der Waals surface area contributed by atoms with Crippen molar-refractivity contribution in [3.8, 4) is 5.75 Å². The highest BCUT2D eigenvalue weighted by Gasteiger charge is 2.26. The number of amides is 1. The number of pyridine rings is 1. The molecule has 0 N–H and O–H groups in total. The number of ether oxygens (including phenoxy) is 1. The lowest BCUT2D eigenvalue weighted by Gasteiger charge is -2.19. The number of aromatic nitrogens is 2. The highest BCUT2D eigenvalue weighted by atomic mass is 32.1. The van der Waals surface area contributed by atoms with Gasteiger partial charge in [0.2, 0.25) is 0 Å². The molecular formula is C22H21N3O3S. The highest BCUT2D eigenvalue weighted by Crippen LogP contribution is 2.37. The van der Waals surface area contributed by atoms with Gasteiger partial charge in [0.05, 0.1) is 23.9 Å². The summed E-state index contributed by atoms with van der Waals surface area (Å²) in [6.07, 6.45) is 3.47. The summed E-state index contributed by atoms with van der Waals surface area (Å²) in [6.45, 7) is 6.02. The van der Waals surface area contributed by atoms with Gasteiger partial charge in [0.1, 0.15) is 22.8 Å². The van der Waals surface area contributed by atoms with E-state index in [9.17, 15) is 4.79 Å². The van der Waals surface area contributed by atoms with Crippen molar-refractivity contribution in [3.05, 3.63) is 70.9 Å². The first-order valence-corrected chi connectivity index (χ1v) is 10.0. The van der Waals surface area contributed by atoms with E-state index in [1.807, 2.05) is 38.1 Å². The fraction of sp³-hybridized carbons (Fsp3) is 0.227. The van der Waals surface area contributed by atoms with E-state index < -0.39 is 0 Å². The van der Waals surface area contributed by atoms with Crippen LogP contribution in [0.25, 0.3) is 10.2 Å². The van der Waals surface area contributed by atoms with Gasteiger partial charge in [-0.25, -0.2) is 4.98 Å². The van der Waals surface area contributed by atoms with Crippen molar-refractivity contribution in [2.75, 3.05) is 12.0 Å². The number of nitrogens with zero attached hydrogens (tertiary/aromatic N) is 3. The molecule has 0 aliphatic carbocycles. The van der Waals surface area contributed by atoms with Gasteiger partial charge in [-0.1, -0.05) is 23.5 Å². The van der Waals surface area contributed by atoms with Crippen LogP contribution >= 0.6 is 11.3 Å². The molecule has 0 atom stereocenters. The molecule has 1 amide bonds. The molecule has 7 heteroatoms. The highest BCUT2D eigenvalue weighted by molar-refractivity contribution is 7.22. The number of carbonyl (C=O) groups excluding carboxylic acids is 1. The summed E-state index contributed by atoms with van der Waals surface area (Å²) in [7, 11) is 1.62. The van der Waals surface area contributed by atoms with E-state index in [-0.39, 0.29) is 5.91 Å². The molecule has 0 fully saturated rings. The number of thiazole rings is 1. The number of hydrogen-bond donors (Lipinski definition) is 0. The monoisotopic (exact) mass is 407 g/mol. The summed E-state index contributed by atoms with van der Waals surface area (Å²) in [5.41, 5.74) is 3.31. The molecule has 3 heterocycles. The number of aryl methyl sites for hydroxylation is 3. The second kappa shape index (κ2) is 7.67. The lowest BCUT2D eigenvalue weighted by Crippen LogP contribution is -2.30. The zero-order chi connectivity index (χ0) is 20.5. The number of rotatable bonds is 5. The van der Waals surface area contributed by atoms with Gasteiger partial charge in [-0.2, -0.15) is 0 Å². The van der Waals surface area contributed by atoms with Crippen LogP contribution < -0.4 is 9.64 Å². The van der Waals surface area contributed by atoms with Crippen LogP contribution in [0.1, 0.15) is 33.0 Å². The first kappa shape index (κ1) is 19.1. The first-order chi connectivity index (χ1) is 14.0. The number of anilines is 1. The van der Waals surface area contributed by atoms with Gasteiger partial charge < -0.3 is 9.15 Å². The molecular weight excluding hydrogens is 386 g/mol. The van der Waals surface area contributed by atoms with E-state index >= 15 is 0 Å². The molecule has 0 aliphatic heterocycles. The Morgan fingerprint density at radius 2 is 2.07 bits per heavy atom. The van der Waals surface area contributed by atoms with Gasteiger partial charge in [-0.3, -0.25) is 14.7 Å². The summed E-state index contributed by atoms with van der Waals surface area (Å²) in [4.78, 5) is 24.1. The van der Waals surface area contributed by atoms with E-state index in [1.165, 1.54) is 11.3 Å². The number of benzene rings is 1. The van der Waals surface area contributed by atoms with Crippen molar-refractivity contribution in [2.24, 2.45) is 0 Å². The first-order valence-electron chi connectivity index (χ1n) is 9.20. The molecule has 29 heavy (non-hydrogen) atoms. The van der Waals surface area contributed by atoms with Crippen LogP contribution in [0.15, 0.2) is 47.1 Å². The average Bonchev–Trinajstić information content (AvgIpc) is 3.30. The molecule has 0 bridgehead atoms. The molecule has 4 rings (SSSR count). The maximum atomic E-state index is 13.5. The van der Waals surface area contributed by atoms with E-state index in [4.69, 9.17) is 14.1 Å². The second-order valence-corrected chi connectivity index (χ2v) is 7.82. The molecule has 4 aromatic rings. The van der Waals surface area contributed by atoms with E-state index in [0.717, 1.165) is 21.3 Å². The summed E-state index contributed by atoms with van der Waals surface area (Å²) in [5.74, 6) is 1.84. The van der Waals surface area contributed by atoms with Gasteiger partial charge in [0.15, 0.2) is 5.13 Å². The molecule has 3 aromatic heterocycles. The van der Waals surface area contributed by atoms with E-state index in [0.29, 0.717) is 34.5 Å². The van der Waals surface area contributed by atoms with Crippen LogP contribution in [0.2, 0.25) is 0 Å². The van der Waals surface area contributed by atoms with Crippen molar-refractivity contribution in [1.29, 1.82) is 0 Å². The van der Waals surface area contributed by atoms with Crippen molar-refractivity contribution in [2.45, 2.75) is 27.3 Å². The lowest BCUT2D eigenvalue weighted by atomic mass is 10.2. The third-order valence-corrected chi connectivity index (χ3v) is 5.94. The van der Waals surface area contributed by atoms with Gasteiger partial charge in [0, 0.05) is 12.4 Å². The average molecular weight is 407 g/mol. The Morgan fingerprint density at radius 1 is 1.24 bits per heavy atom. The zero-order valence-corrected chi connectivity index (χ0v) is 17.5. The van der Waals surface area contributed by atoms with Gasteiger partial charge in [0.25, 0.3) is 5.91 Å². The minimum Gasteiger partial charge on any atom is -0.494 e. The largest absolute Gasteiger partial charge is 0.494 e. The van der Waals surface area contributed by atoms with Crippen LogP contribution in [0.4, 0.5) is 5.13 Å². The van der Waals surface area contributed by atoms with Crippen molar-refractivity contribution in [1.82, 2.24) is 9.97 Å². The van der Waals surface area contributed by atoms with Crippen LogP contribution in [-0.2, 0) is 6.54 Å². The number of furan rings is 1. The summed E-state index contributed by atoms with van der Waals surface area (Å²) in [5, 5.41) is 0.611. The Bertz CT molecular complexity index is 1180. The maximum Gasteiger partial charge on any atom is 0.263 e. The predicted molar refractivity (Wildman–Crippen MR) is 114 cm³/mol. The molecule has 0 unspecified atom stereocenters. The normalized spacial score (nSPS) is 11.0. The number of hydrogen-bond acceptors (Lipinski definition) is 6. The quantitative estimate of drug-likeness (QED) is 0.462. The van der Waals surface area contributed by atoms with Crippen LogP contribution in [-0.4, -0.2) is 23.0 Å². The number of carbonyl (C=O) groups is 1. The van der Waals surface area contributed by atoms with Gasteiger partial charge in [-0.15, -0.1) is 0 Å². The Labute approximate surface area is 172 Å². The lowest BCUT2D eigenvalue weighted by molar-refractivity contribution is 0.0983. The standard InChI is InChI=1S/C22H21N3O3S/c1-13-7-8-18(27-4)19-20(13)29-22(24-19)25(12-16-6-5-9-23-11-16)21(26)17-10-14(2)28-15(17)3/h5-11H,12H2,1-4H3. The van der Waals surface area contributed by atoms with Gasteiger partial charge in [-0.05, 0) is 50.1 Å². The Hall–Kier alpha value is -3.19. The zero-order valence-electron chi connectivity index (χ0n) is 16.7. The minimum absolute atomic E-state index is 0.154. The fourth-order valence-electron chi connectivity index (χ4n) is 3.27. The summed E-state index contributed by atoms with van der Waals surface area (Å²) >= 11 is 1.48. The van der Waals surface area contributed by atoms with Crippen LogP contribution in [0.5, 0.6) is 5.75 Å². The second-order valence-electron chi connectivity index (χ2n) is 6.84. The molecule has 148 valence electrons. The Kier molecular flexibility index (Phi) is 5.07. The molecule has 1 aromatic carbocycles. The molecule has 0 radical (unpaired) electrons. The number of fused-ring (bicyclic) bond motifs is 1. The smallest absolute Gasteiger partial charge is 0.263 e. The van der Waals surface area contributed by atoms with Crippen LogP contribution in [0.3, 0.4) is 0 Å².